The molecule has 1 aromatic carbocycles. The number of benzene rings is 1. The minimum absolute atomic E-state index is 0.0190. The Morgan fingerprint density at radius 2 is 0.738 bits per heavy atom. The standard InChI is InChI=1S/C32H52N2O6Si2/c1-21(2)35-41(36-22(3)4,37-23(5)6)19-27-15-29-13-14-30-16-28(18-34-32(30)31(29)33-17-27)20-42(38-24(7)8,39-25(9)10)40-26(11)12/h13-18,21-26H,19-20H2,1-12H3. The highest BCUT2D eigenvalue weighted by atomic mass is 28.4. The van der Waals surface area contributed by atoms with Gasteiger partial charge in [0.15, 0.2) is 0 Å². The van der Waals surface area contributed by atoms with Gasteiger partial charge in [0.2, 0.25) is 0 Å². The summed E-state index contributed by atoms with van der Waals surface area (Å²) in [5, 5.41) is 2.03. The molecule has 0 saturated carbocycles. The van der Waals surface area contributed by atoms with Gasteiger partial charge in [0.25, 0.3) is 0 Å². The molecule has 0 amide bonds. The largest absolute Gasteiger partial charge is 0.506 e. The van der Waals surface area contributed by atoms with Crippen LogP contribution in [0.4, 0.5) is 0 Å². The van der Waals surface area contributed by atoms with Crippen molar-refractivity contribution in [2.75, 3.05) is 0 Å². The third-order valence-electron chi connectivity index (χ3n) is 5.95. The Morgan fingerprint density at radius 3 is 0.976 bits per heavy atom. The average molecular weight is 617 g/mol. The van der Waals surface area contributed by atoms with Gasteiger partial charge in [-0.25, -0.2) is 0 Å². The summed E-state index contributed by atoms with van der Waals surface area (Å²) < 4.78 is 38.4. The maximum Gasteiger partial charge on any atom is 0.506 e. The number of aromatic nitrogens is 2. The van der Waals surface area contributed by atoms with E-state index in [2.05, 4.69) is 24.3 Å². The molecule has 0 N–H and O–H groups in total. The van der Waals surface area contributed by atoms with Gasteiger partial charge >= 0.3 is 17.6 Å². The van der Waals surface area contributed by atoms with Gasteiger partial charge in [0, 0.05) is 71.9 Å². The third kappa shape index (κ3) is 9.88. The normalized spacial score (nSPS) is 13.4. The van der Waals surface area contributed by atoms with Crippen molar-refractivity contribution in [1.29, 1.82) is 0 Å². The van der Waals surface area contributed by atoms with Crippen LogP contribution in [-0.2, 0) is 38.6 Å². The zero-order valence-electron chi connectivity index (χ0n) is 27.7. The summed E-state index contributed by atoms with van der Waals surface area (Å²) in [5.41, 5.74) is 3.75. The number of hydrogen-bond acceptors (Lipinski definition) is 8. The average Bonchev–Trinajstić information content (AvgIpc) is 2.80. The molecule has 2 aromatic heterocycles. The quantitative estimate of drug-likeness (QED) is 0.122. The molecule has 0 radical (unpaired) electrons. The summed E-state index contributed by atoms with van der Waals surface area (Å²) in [4.78, 5) is 9.76. The molecule has 0 spiro atoms. The van der Waals surface area contributed by atoms with Crippen molar-refractivity contribution in [3.63, 3.8) is 0 Å². The molecule has 3 rings (SSSR count). The maximum absolute atomic E-state index is 6.40. The molecule has 0 fully saturated rings. The lowest BCUT2D eigenvalue weighted by Gasteiger charge is -2.34. The molecule has 0 aliphatic heterocycles. The smallest absolute Gasteiger partial charge is 0.371 e. The molecule has 0 unspecified atom stereocenters. The molecule has 234 valence electrons. The first-order chi connectivity index (χ1) is 19.6. The topological polar surface area (TPSA) is 81.2 Å². The molecule has 0 atom stereocenters. The summed E-state index contributed by atoms with van der Waals surface area (Å²) in [7, 11) is -6.04. The van der Waals surface area contributed by atoms with Crippen molar-refractivity contribution in [3.8, 4) is 0 Å². The second kappa shape index (κ2) is 14.8. The molecule has 0 aliphatic rings. The van der Waals surface area contributed by atoms with E-state index in [4.69, 9.17) is 36.5 Å². The first-order valence-electron chi connectivity index (χ1n) is 15.3. The third-order valence-corrected chi connectivity index (χ3v) is 12.6. The Labute approximate surface area is 255 Å². The van der Waals surface area contributed by atoms with Crippen LogP contribution in [-0.4, -0.2) is 64.2 Å². The van der Waals surface area contributed by atoms with Crippen molar-refractivity contribution in [2.24, 2.45) is 0 Å². The van der Waals surface area contributed by atoms with E-state index in [0.717, 1.165) is 32.9 Å². The van der Waals surface area contributed by atoms with Crippen molar-refractivity contribution in [2.45, 2.75) is 132 Å². The lowest BCUT2D eigenvalue weighted by Crippen LogP contribution is -2.53. The molecule has 0 aliphatic carbocycles. The lowest BCUT2D eigenvalue weighted by atomic mass is 10.1. The van der Waals surface area contributed by atoms with Crippen LogP contribution >= 0.6 is 0 Å². The van der Waals surface area contributed by atoms with Crippen molar-refractivity contribution in [3.05, 3.63) is 47.8 Å². The highest BCUT2D eigenvalue weighted by molar-refractivity contribution is 6.60. The second-order valence-corrected chi connectivity index (χ2v) is 17.5. The maximum atomic E-state index is 6.40. The highest BCUT2D eigenvalue weighted by Crippen LogP contribution is 2.29. The van der Waals surface area contributed by atoms with Gasteiger partial charge < -0.3 is 26.6 Å². The van der Waals surface area contributed by atoms with E-state index >= 15 is 0 Å². The molecule has 0 bridgehead atoms. The summed E-state index contributed by atoms with van der Waals surface area (Å²) >= 11 is 0. The Hall–Kier alpha value is -1.77. The van der Waals surface area contributed by atoms with Crippen LogP contribution < -0.4 is 0 Å². The fourth-order valence-electron chi connectivity index (χ4n) is 5.15. The fraction of sp³-hybridized carbons (Fsp3) is 0.625. The number of nitrogens with zero attached hydrogens (tertiary/aromatic N) is 2. The Balaban J connectivity index is 1.98. The monoisotopic (exact) mass is 616 g/mol. The molecule has 0 saturated heterocycles. The molecular weight excluding hydrogens is 565 g/mol. The minimum Gasteiger partial charge on any atom is -0.371 e. The fourth-order valence-corrected chi connectivity index (χ4v) is 11.7. The molecule has 2 heterocycles. The van der Waals surface area contributed by atoms with Crippen LogP contribution in [0, 0.1) is 0 Å². The second-order valence-electron chi connectivity index (χ2n) is 12.6. The summed E-state index contributed by atoms with van der Waals surface area (Å²) in [6, 6.07) is 9.59. The van der Waals surface area contributed by atoms with Crippen LogP contribution in [0.5, 0.6) is 0 Å². The van der Waals surface area contributed by atoms with E-state index in [1.165, 1.54) is 0 Å². The van der Waals surface area contributed by atoms with Crippen LogP contribution in [0.3, 0.4) is 0 Å². The first-order valence-corrected chi connectivity index (χ1v) is 19.2. The van der Waals surface area contributed by atoms with Gasteiger partial charge in [0.1, 0.15) is 0 Å². The molecule has 8 nitrogen and oxygen atoms in total. The van der Waals surface area contributed by atoms with Gasteiger partial charge in [-0.15, -0.1) is 0 Å². The van der Waals surface area contributed by atoms with E-state index < -0.39 is 17.6 Å². The molecule has 10 heteroatoms. The van der Waals surface area contributed by atoms with Crippen molar-refractivity contribution >= 4 is 39.4 Å². The van der Waals surface area contributed by atoms with E-state index in [9.17, 15) is 0 Å². The summed E-state index contributed by atoms with van der Waals surface area (Å²) in [5.74, 6) is 0. The Morgan fingerprint density at radius 1 is 0.476 bits per heavy atom. The van der Waals surface area contributed by atoms with E-state index in [0.29, 0.717) is 12.1 Å². The number of hydrogen-bond donors (Lipinski definition) is 0. The predicted molar refractivity (Wildman–Crippen MR) is 173 cm³/mol. The van der Waals surface area contributed by atoms with Crippen LogP contribution in [0.15, 0.2) is 36.7 Å². The molecular formula is C32H52N2O6Si2. The van der Waals surface area contributed by atoms with Gasteiger partial charge in [-0.2, -0.15) is 0 Å². The van der Waals surface area contributed by atoms with Crippen molar-refractivity contribution in [1.82, 2.24) is 9.97 Å². The van der Waals surface area contributed by atoms with E-state index in [1.807, 2.05) is 95.5 Å². The number of fused-ring (bicyclic) bond motifs is 3. The summed E-state index contributed by atoms with van der Waals surface area (Å²) in [6.07, 6.45) is 3.69. The predicted octanol–water partition coefficient (Wildman–Crippen LogP) is 7.37. The van der Waals surface area contributed by atoms with Gasteiger partial charge in [-0.1, -0.05) is 12.1 Å². The van der Waals surface area contributed by atoms with E-state index in [-0.39, 0.29) is 36.6 Å². The van der Waals surface area contributed by atoms with Gasteiger partial charge in [-0.05, 0) is 106 Å². The van der Waals surface area contributed by atoms with E-state index in [1.54, 1.807) is 0 Å². The van der Waals surface area contributed by atoms with Crippen LogP contribution in [0.25, 0.3) is 21.8 Å². The first kappa shape index (κ1) is 34.7. The van der Waals surface area contributed by atoms with Crippen LogP contribution in [0.1, 0.15) is 94.2 Å². The van der Waals surface area contributed by atoms with Crippen molar-refractivity contribution < 1.29 is 26.6 Å². The van der Waals surface area contributed by atoms with Crippen LogP contribution in [0.2, 0.25) is 0 Å². The van der Waals surface area contributed by atoms with Gasteiger partial charge in [0.05, 0.1) is 11.0 Å². The molecule has 42 heavy (non-hydrogen) atoms. The lowest BCUT2D eigenvalue weighted by molar-refractivity contribution is 0.00114. The summed E-state index contributed by atoms with van der Waals surface area (Å²) in [6.45, 7) is 24.2. The number of pyridine rings is 2. The Bertz CT molecular complexity index is 1150. The number of rotatable bonds is 16. The highest BCUT2D eigenvalue weighted by Gasteiger charge is 2.45. The zero-order chi connectivity index (χ0) is 31.2. The SMILES string of the molecule is CC(C)O[Si](Cc1cnc2c(ccc3cc(C[Si](OC(C)C)(OC(C)C)OC(C)C)cnc32)c1)(OC(C)C)OC(C)C. The molecule has 3 aromatic rings. The van der Waals surface area contributed by atoms with Gasteiger partial charge in [-0.3, -0.25) is 9.97 Å². The zero-order valence-corrected chi connectivity index (χ0v) is 29.7. The Kier molecular flexibility index (Phi) is 12.2. The minimum atomic E-state index is -3.02.